The molecule has 21 heavy (non-hydrogen) atoms. The summed E-state index contributed by atoms with van der Waals surface area (Å²) < 4.78 is 9.95. The van der Waals surface area contributed by atoms with Gasteiger partial charge in [0.1, 0.15) is 18.4 Å². The monoisotopic (exact) mass is 294 g/mol. The van der Waals surface area contributed by atoms with Gasteiger partial charge in [0.05, 0.1) is 13.7 Å². The first-order valence-corrected chi connectivity index (χ1v) is 6.60. The molecule has 0 unspecified atom stereocenters. The minimum Gasteiger partial charge on any atom is -0.497 e. The molecule has 0 radical (unpaired) electrons. The van der Waals surface area contributed by atoms with Crippen LogP contribution < -0.4 is 10.1 Å². The molecule has 2 rings (SSSR count). The van der Waals surface area contributed by atoms with Gasteiger partial charge in [-0.1, -0.05) is 12.1 Å². The Morgan fingerprint density at radius 3 is 3.10 bits per heavy atom. The van der Waals surface area contributed by atoms with Crippen LogP contribution in [0.5, 0.6) is 5.75 Å². The van der Waals surface area contributed by atoms with Gasteiger partial charge in [-0.15, -0.1) is 0 Å². The first-order chi connectivity index (χ1) is 10.2. The number of hydrogen-bond donors (Lipinski definition) is 2. The second kappa shape index (κ2) is 6.94. The number of benzene rings is 1. The summed E-state index contributed by atoms with van der Waals surface area (Å²) >= 11 is 0. The minimum atomic E-state index is -0.699. The molecule has 1 aromatic carbocycles. The van der Waals surface area contributed by atoms with Gasteiger partial charge in [0, 0.05) is 13.1 Å². The SMILES string of the molecule is COc1cccc(CNC(=O)[C@@H]2COC(=O)N2CCO)c1. The number of carbonyl (C=O) groups is 2. The van der Waals surface area contributed by atoms with Crippen molar-refractivity contribution in [2.24, 2.45) is 0 Å². The Bertz CT molecular complexity index is 520. The Kier molecular flexibility index (Phi) is 4.99. The predicted octanol–water partition coefficient (Wildman–Crippen LogP) is 0.124. The third-order valence-electron chi connectivity index (χ3n) is 3.22. The molecule has 1 aliphatic rings. The van der Waals surface area contributed by atoms with Crippen LogP contribution in [0.25, 0.3) is 0 Å². The van der Waals surface area contributed by atoms with E-state index in [9.17, 15) is 9.59 Å². The lowest BCUT2D eigenvalue weighted by Gasteiger charge is -2.19. The van der Waals surface area contributed by atoms with Gasteiger partial charge in [-0.3, -0.25) is 9.69 Å². The van der Waals surface area contributed by atoms with Crippen molar-refractivity contribution in [2.75, 3.05) is 26.9 Å². The maximum Gasteiger partial charge on any atom is 0.410 e. The van der Waals surface area contributed by atoms with Crippen LogP contribution in [0.15, 0.2) is 24.3 Å². The molecule has 1 saturated heterocycles. The van der Waals surface area contributed by atoms with Gasteiger partial charge in [0.2, 0.25) is 5.91 Å². The normalized spacial score (nSPS) is 17.5. The smallest absolute Gasteiger partial charge is 0.410 e. The third kappa shape index (κ3) is 3.63. The maximum atomic E-state index is 12.1. The number of methoxy groups -OCH3 is 1. The average Bonchev–Trinajstić information content (AvgIpc) is 2.87. The fraction of sp³-hybridized carbons (Fsp3) is 0.429. The summed E-state index contributed by atoms with van der Waals surface area (Å²) in [6, 6.07) is 6.64. The van der Waals surface area contributed by atoms with Gasteiger partial charge in [-0.25, -0.2) is 4.79 Å². The van der Waals surface area contributed by atoms with Crippen LogP contribution in [-0.4, -0.2) is 54.9 Å². The number of amides is 2. The van der Waals surface area contributed by atoms with Crippen molar-refractivity contribution in [1.82, 2.24) is 10.2 Å². The summed E-state index contributed by atoms with van der Waals surface area (Å²) in [5.74, 6) is 0.403. The zero-order valence-electron chi connectivity index (χ0n) is 11.7. The lowest BCUT2D eigenvalue weighted by atomic mass is 10.2. The molecule has 1 fully saturated rings. The lowest BCUT2D eigenvalue weighted by molar-refractivity contribution is -0.125. The molecule has 2 N–H and O–H groups in total. The number of cyclic esters (lactones) is 1. The van der Waals surface area contributed by atoms with Crippen molar-refractivity contribution < 1.29 is 24.2 Å². The van der Waals surface area contributed by atoms with E-state index in [1.807, 2.05) is 24.3 Å². The minimum absolute atomic E-state index is 0.00276. The Morgan fingerprint density at radius 2 is 2.38 bits per heavy atom. The molecule has 2 amide bonds. The molecule has 7 heteroatoms. The summed E-state index contributed by atoms with van der Waals surface area (Å²) in [6.45, 7) is 0.196. The quantitative estimate of drug-likeness (QED) is 0.778. The highest BCUT2D eigenvalue weighted by atomic mass is 16.6. The summed E-state index contributed by atoms with van der Waals surface area (Å²) in [5, 5.41) is 11.7. The fourth-order valence-electron chi connectivity index (χ4n) is 2.11. The van der Waals surface area contributed by atoms with E-state index < -0.39 is 12.1 Å². The molecule has 0 aliphatic carbocycles. The first kappa shape index (κ1) is 15.1. The van der Waals surface area contributed by atoms with Crippen molar-refractivity contribution in [3.8, 4) is 5.75 Å². The molecule has 0 spiro atoms. The standard InChI is InChI=1S/C14H18N2O5/c1-20-11-4-2-3-10(7-11)8-15-13(18)12-9-21-14(19)16(12)5-6-17/h2-4,7,12,17H,5-6,8-9H2,1H3,(H,15,18)/t12-/m0/s1. The van der Waals surface area contributed by atoms with E-state index >= 15 is 0 Å². The Labute approximate surface area is 122 Å². The van der Waals surface area contributed by atoms with E-state index in [4.69, 9.17) is 14.6 Å². The van der Waals surface area contributed by atoms with Crippen LogP contribution in [0.3, 0.4) is 0 Å². The molecule has 114 valence electrons. The average molecular weight is 294 g/mol. The van der Waals surface area contributed by atoms with E-state index in [1.54, 1.807) is 7.11 Å². The lowest BCUT2D eigenvalue weighted by Crippen LogP contribution is -2.46. The van der Waals surface area contributed by atoms with Crippen molar-refractivity contribution in [3.63, 3.8) is 0 Å². The van der Waals surface area contributed by atoms with E-state index in [0.29, 0.717) is 12.3 Å². The molecular formula is C14H18N2O5. The number of β-amino-alcohol motifs (C(OH)–C–C–N with tert-alkyl or cyclic N) is 1. The summed E-state index contributed by atoms with van der Waals surface area (Å²) in [4.78, 5) is 24.8. The van der Waals surface area contributed by atoms with Crippen LogP contribution in [0.2, 0.25) is 0 Å². The highest BCUT2D eigenvalue weighted by Gasteiger charge is 2.37. The van der Waals surface area contributed by atoms with Gasteiger partial charge in [0.25, 0.3) is 0 Å². The highest BCUT2D eigenvalue weighted by molar-refractivity contribution is 5.87. The van der Waals surface area contributed by atoms with E-state index in [-0.39, 0.29) is 25.7 Å². The number of aliphatic hydroxyl groups is 1. The number of carbonyl (C=O) groups excluding carboxylic acids is 2. The molecule has 7 nitrogen and oxygen atoms in total. The van der Waals surface area contributed by atoms with E-state index in [2.05, 4.69) is 5.32 Å². The second-order valence-corrected chi connectivity index (χ2v) is 4.58. The summed E-state index contributed by atoms with van der Waals surface area (Å²) in [7, 11) is 1.58. The van der Waals surface area contributed by atoms with Crippen LogP contribution in [0.1, 0.15) is 5.56 Å². The number of nitrogens with zero attached hydrogens (tertiary/aromatic N) is 1. The molecule has 0 saturated carbocycles. The predicted molar refractivity (Wildman–Crippen MR) is 73.8 cm³/mol. The fourth-order valence-corrected chi connectivity index (χ4v) is 2.11. The number of nitrogens with one attached hydrogen (secondary N) is 1. The van der Waals surface area contributed by atoms with Gasteiger partial charge < -0.3 is 19.9 Å². The van der Waals surface area contributed by atoms with Gasteiger partial charge >= 0.3 is 6.09 Å². The Hall–Kier alpha value is -2.28. The molecular weight excluding hydrogens is 276 g/mol. The zero-order valence-corrected chi connectivity index (χ0v) is 11.7. The number of aliphatic hydroxyl groups excluding tert-OH is 1. The Morgan fingerprint density at radius 1 is 1.57 bits per heavy atom. The van der Waals surface area contributed by atoms with Crippen molar-refractivity contribution in [3.05, 3.63) is 29.8 Å². The summed E-state index contributed by atoms with van der Waals surface area (Å²) in [6.07, 6.45) is -0.578. The molecule has 0 aromatic heterocycles. The van der Waals surface area contributed by atoms with Crippen molar-refractivity contribution in [2.45, 2.75) is 12.6 Å². The van der Waals surface area contributed by atoms with Gasteiger partial charge in [-0.05, 0) is 17.7 Å². The highest BCUT2D eigenvalue weighted by Crippen LogP contribution is 2.14. The topological polar surface area (TPSA) is 88.1 Å². The van der Waals surface area contributed by atoms with Gasteiger partial charge in [-0.2, -0.15) is 0 Å². The molecule has 1 aromatic rings. The maximum absolute atomic E-state index is 12.1. The van der Waals surface area contributed by atoms with Crippen molar-refractivity contribution >= 4 is 12.0 Å². The zero-order chi connectivity index (χ0) is 15.2. The van der Waals surface area contributed by atoms with Crippen molar-refractivity contribution in [1.29, 1.82) is 0 Å². The molecule has 1 heterocycles. The van der Waals surface area contributed by atoms with Crippen LogP contribution in [0, 0.1) is 0 Å². The van der Waals surface area contributed by atoms with Crippen LogP contribution in [0.4, 0.5) is 4.79 Å². The second-order valence-electron chi connectivity index (χ2n) is 4.58. The first-order valence-electron chi connectivity index (χ1n) is 6.60. The molecule has 0 bridgehead atoms. The van der Waals surface area contributed by atoms with E-state index in [1.165, 1.54) is 4.90 Å². The molecule has 1 atom stereocenters. The largest absolute Gasteiger partial charge is 0.497 e. The Balaban J connectivity index is 1.93. The number of hydrogen-bond acceptors (Lipinski definition) is 5. The summed E-state index contributed by atoms with van der Waals surface area (Å²) in [5.41, 5.74) is 0.890. The van der Waals surface area contributed by atoms with Crippen LogP contribution in [-0.2, 0) is 16.1 Å². The molecule has 1 aliphatic heterocycles. The number of ether oxygens (including phenoxy) is 2. The van der Waals surface area contributed by atoms with Crippen LogP contribution >= 0.6 is 0 Å². The van der Waals surface area contributed by atoms with E-state index in [0.717, 1.165) is 5.56 Å². The van der Waals surface area contributed by atoms with Gasteiger partial charge in [0.15, 0.2) is 0 Å². The third-order valence-corrected chi connectivity index (χ3v) is 3.22. The number of rotatable bonds is 6.